The van der Waals surface area contributed by atoms with E-state index in [0.717, 1.165) is 29.9 Å². The SMILES string of the molecule is O=c1[nH]c(C2CCCCCC2)nc(-c2ccccc2)c1Br. The fourth-order valence-electron chi connectivity index (χ4n) is 3.01. The highest BCUT2D eigenvalue weighted by molar-refractivity contribution is 9.10. The molecule has 0 spiro atoms. The number of nitrogens with zero attached hydrogens (tertiary/aromatic N) is 1. The molecular weight excluding hydrogens is 328 g/mol. The predicted octanol–water partition coefficient (Wildman–Crippen LogP) is 4.64. The number of rotatable bonds is 2. The minimum absolute atomic E-state index is 0.0805. The lowest BCUT2D eigenvalue weighted by atomic mass is 9.99. The van der Waals surface area contributed by atoms with E-state index in [-0.39, 0.29) is 5.56 Å². The van der Waals surface area contributed by atoms with Gasteiger partial charge in [-0.15, -0.1) is 0 Å². The van der Waals surface area contributed by atoms with E-state index in [4.69, 9.17) is 4.98 Å². The van der Waals surface area contributed by atoms with Crippen molar-refractivity contribution < 1.29 is 0 Å². The monoisotopic (exact) mass is 346 g/mol. The van der Waals surface area contributed by atoms with E-state index in [1.54, 1.807) is 0 Å². The van der Waals surface area contributed by atoms with Crippen molar-refractivity contribution in [1.29, 1.82) is 0 Å². The van der Waals surface area contributed by atoms with Crippen LogP contribution in [0.4, 0.5) is 0 Å². The summed E-state index contributed by atoms with van der Waals surface area (Å²) in [6, 6.07) is 9.88. The molecule has 4 heteroatoms. The van der Waals surface area contributed by atoms with Gasteiger partial charge in [0, 0.05) is 11.5 Å². The van der Waals surface area contributed by atoms with Crippen molar-refractivity contribution in [3.8, 4) is 11.3 Å². The summed E-state index contributed by atoms with van der Waals surface area (Å²) >= 11 is 3.38. The Labute approximate surface area is 133 Å². The summed E-state index contributed by atoms with van der Waals surface area (Å²) in [5.74, 6) is 1.24. The molecule has 0 amide bonds. The standard InChI is InChI=1S/C17H19BrN2O/c18-14-15(12-8-6-3-7-9-12)19-16(20-17(14)21)13-10-4-1-2-5-11-13/h3,6-9,13H,1-2,4-5,10-11H2,(H,19,20,21). The zero-order chi connectivity index (χ0) is 14.7. The van der Waals surface area contributed by atoms with Crippen LogP contribution in [0.2, 0.25) is 0 Å². The first-order valence-electron chi connectivity index (χ1n) is 7.61. The number of hydrogen-bond acceptors (Lipinski definition) is 2. The topological polar surface area (TPSA) is 45.8 Å². The van der Waals surface area contributed by atoms with Gasteiger partial charge in [0.15, 0.2) is 0 Å². The van der Waals surface area contributed by atoms with Crippen LogP contribution in [-0.2, 0) is 0 Å². The minimum Gasteiger partial charge on any atom is -0.309 e. The number of aromatic amines is 1. The third kappa shape index (κ3) is 3.26. The van der Waals surface area contributed by atoms with E-state index < -0.39 is 0 Å². The molecule has 0 radical (unpaired) electrons. The highest BCUT2D eigenvalue weighted by Crippen LogP contribution is 2.31. The van der Waals surface area contributed by atoms with Crippen LogP contribution in [0.15, 0.2) is 39.6 Å². The van der Waals surface area contributed by atoms with Crippen molar-refractivity contribution in [3.05, 3.63) is 51.0 Å². The molecule has 1 aliphatic carbocycles. The predicted molar refractivity (Wildman–Crippen MR) is 88.4 cm³/mol. The lowest BCUT2D eigenvalue weighted by Gasteiger charge is -2.15. The third-order valence-electron chi connectivity index (χ3n) is 4.17. The second kappa shape index (κ2) is 6.56. The van der Waals surface area contributed by atoms with Gasteiger partial charge in [0.05, 0.1) is 5.69 Å². The summed E-state index contributed by atoms with van der Waals surface area (Å²) in [4.78, 5) is 20.0. The van der Waals surface area contributed by atoms with E-state index in [9.17, 15) is 4.79 Å². The summed E-state index contributed by atoms with van der Waals surface area (Å²) in [5.41, 5.74) is 1.65. The van der Waals surface area contributed by atoms with Crippen molar-refractivity contribution in [2.45, 2.75) is 44.4 Å². The Hall–Kier alpha value is -1.42. The van der Waals surface area contributed by atoms with Crippen LogP contribution in [0.3, 0.4) is 0 Å². The second-order valence-corrected chi connectivity index (χ2v) is 6.46. The molecule has 0 atom stereocenters. The Bertz CT molecular complexity index is 658. The lowest BCUT2D eigenvalue weighted by molar-refractivity contribution is 0.558. The molecule has 1 aromatic carbocycles. The van der Waals surface area contributed by atoms with Crippen molar-refractivity contribution >= 4 is 15.9 Å². The van der Waals surface area contributed by atoms with Gasteiger partial charge in [-0.2, -0.15) is 0 Å². The van der Waals surface area contributed by atoms with Crippen LogP contribution in [0.25, 0.3) is 11.3 Å². The normalized spacial score (nSPS) is 16.6. The number of halogens is 1. The Kier molecular flexibility index (Phi) is 4.54. The van der Waals surface area contributed by atoms with Crippen molar-refractivity contribution in [3.63, 3.8) is 0 Å². The van der Waals surface area contributed by atoms with Crippen molar-refractivity contribution in [2.24, 2.45) is 0 Å². The quantitative estimate of drug-likeness (QED) is 0.805. The Morgan fingerprint density at radius 3 is 2.38 bits per heavy atom. The van der Waals surface area contributed by atoms with E-state index in [0.29, 0.717) is 10.4 Å². The maximum atomic E-state index is 12.2. The highest BCUT2D eigenvalue weighted by atomic mass is 79.9. The Balaban J connectivity index is 2.03. The average molecular weight is 347 g/mol. The zero-order valence-electron chi connectivity index (χ0n) is 11.9. The number of nitrogens with one attached hydrogen (secondary N) is 1. The molecule has 0 saturated heterocycles. The van der Waals surface area contributed by atoms with Crippen LogP contribution in [0.1, 0.15) is 50.3 Å². The summed E-state index contributed by atoms with van der Waals surface area (Å²) in [5, 5.41) is 0. The molecule has 0 bridgehead atoms. The zero-order valence-corrected chi connectivity index (χ0v) is 13.5. The molecule has 1 aromatic heterocycles. The molecule has 2 aromatic rings. The van der Waals surface area contributed by atoms with Gasteiger partial charge in [0.1, 0.15) is 10.3 Å². The van der Waals surface area contributed by atoms with E-state index in [1.807, 2.05) is 30.3 Å². The smallest absolute Gasteiger partial charge is 0.265 e. The Morgan fingerprint density at radius 2 is 1.71 bits per heavy atom. The maximum absolute atomic E-state index is 12.2. The van der Waals surface area contributed by atoms with Crippen LogP contribution in [-0.4, -0.2) is 9.97 Å². The fourth-order valence-corrected chi connectivity index (χ4v) is 3.43. The van der Waals surface area contributed by atoms with Gasteiger partial charge in [0.25, 0.3) is 5.56 Å². The van der Waals surface area contributed by atoms with Crippen molar-refractivity contribution in [1.82, 2.24) is 9.97 Å². The fraction of sp³-hybridized carbons (Fsp3) is 0.412. The molecule has 1 saturated carbocycles. The van der Waals surface area contributed by atoms with Gasteiger partial charge in [-0.1, -0.05) is 56.0 Å². The molecule has 0 aliphatic heterocycles. The Morgan fingerprint density at radius 1 is 1.05 bits per heavy atom. The van der Waals surface area contributed by atoms with Crippen LogP contribution < -0.4 is 5.56 Å². The number of aromatic nitrogens is 2. The maximum Gasteiger partial charge on any atom is 0.265 e. The van der Waals surface area contributed by atoms with E-state index in [2.05, 4.69) is 20.9 Å². The van der Waals surface area contributed by atoms with Gasteiger partial charge >= 0.3 is 0 Å². The molecule has 1 N–H and O–H groups in total. The second-order valence-electron chi connectivity index (χ2n) is 5.67. The molecule has 21 heavy (non-hydrogen) atoms. The van der Waals surface area contributed by atoms with Crippen LogP contribution in [0, 0.1) is 0 Å². The molecule has 1 heterocycles. The van der Waals surface area contributed by atoms with Crippen LogP contribution >= 0.6 is 15.9 Å². The molecule has 1 fully saturated rings. The molecule has 3 nitrogen and oxygen atoms in total. The third-order valence-corrected chi connectivity index (χ3v) is 4.91. The van der Waals surface area contributed by atoms with Gasteiger partial charge in [0.2, 0.25) is 0 Å². The highest BCUT2D eigenvalue weighted by Gasteiger charge is 2.19. The van der Waals surface area contributed by atoms with Gasteiger partial charge in [-0.05, 0) is 28.8 Å². The minimum atomic E-state index is -0.0805. The molecule has 3 rings (SSSR count). The van der Waals surface area contributed by atoms with Crippen molar-refractivity contribution in [2.75, 3.05) is 0 Å². The number of benzene rings is 1. The van der Waals surface area contributed by atoms with Crippen LogP contribution in [0.5, 0.6) is 0 Å². The van der Waals surface area contributed by atoms with E-state index >= 15 is 0 Å². The van der Waals surface area contributed by atoms with Gasteiger partial charge < -0.3 is 4.98 Å². The van der Waals surface area contributed by atoms with Gasteiger partial charge in [-0.25, -0.2) is 4.98 Å². The first-order valence-corrected chi connectivity index (χ1v) is 8.40. The first-order chi connectivity index (χ1) is 10.3. The molecule has 110 valence electrons. The number of H-pyrrole nitrogens is 1. The van der Waals surface area contributed by atoms with E-state index in [1.165, 1.54) is 25.7 Å². The molecular formula is C17H19BrN2O. The average Bonchev–Trinajstić information content (AvgIpc) is 2.80. The lowest BCUT2D eigenvalue weighted by Crippen LogP contribution is -2.16. The summed E-state index contributed by atoms with van der Waals surface area (Å²) in [6.45, 7) is 0. The summed E-state index contributed by atoms with van der Waals surface area (Å²) in [6.07, 6.45) is 7.29. The molecule has 0 unspecified atom stereocenters. The summed E-state index contributed by atoms with van der Waals surface area (Å²) in [7, 11) is 0. The summed E-state index contributed by atoms with van der Waals surface area (Å²) < 4.78 is 0.520. The first kappa shape index (κ1) is 14.5. The van der Waals surface area contributed by atoms with Gasteiger partial charge in [-0.3, -0.25) is 4.79 Å². The number of hydrogen-bond donors (Lipinski definition) is 1. The molecule has 1 aliphatic rings. The largest absolute Gasteiger partial charge is 0.309 e.